The van der Waals surface area contributed by atoms with Crippen LogP contribution in [0.1, 0.15) is 5.69 Å². The molecule has 0 unspecified atom stereocenters. The molecule has 0 aliphatic carbocycles. The third kappa shape index (κ3) is 4.63. The van der Waals surface area contributed by atoms with E-state index in [4.69, 9.17) is 32.9 Å². The molecule has 2 heterocycles. The molecule has 0 bridgehead atoms. The Morgan fingerprint density at radius 3 is 2.58 bits per heavy atom. The lowest BCUT2D eigenvalue weighted by molar-refractivity contribution is -0.113. The summed E-state index contributed by atoms with van der Waals surface area (Å²) in [5, 5.41) is 4.18. The van der Waals surface area contributed by atoms with Gasteiger partial charge in [-0.2, -0.15) is 0 Å². The van der Waals surface area contributed by atoms with Crippen molar-refractivity contribution in [3.05, 3.63) is 70.3 Å². The number of nitrogens with one attached hydrogen (secondary N) is 1. The molecule has 4 rings (SSSR count). The molecule has 9 heteroatoms. The first-order valence-corrected chi connectivity index (χ1v) is 11.1. The number of aromatic nitrogens is 3. The molecule has 2 aromatic carbocycles. The number of amides is 1. The Bertz CT molecular complexity index is 1260. The summed E-state index contributed by atoms with van der Waals surface area (Å²) in [5.74, 6) is 0.954. The van der Waals surface area contributed by atoms with Gasteiger partial charge < -0.3 is 10.1 Å². The number of aryl methyl sites for hydroxylation is 1. The second-order valence-electron chi connectivity index (χ2n) is 6.64. The van der Waals surface area contributed by atoms with Gasteiger partial charge in [0.15, 0.2) is 11.0 Å². The summed E-state index contributed by atoms with van der Waals surface area (Å²) >= 11 is 13.5. The number of pyridine rings is 1. The molecule has 1 N–H and O–H groups in total. The smallest absolute Gasteiger partial charge is 0.236 e. The van der Waals surface area contributed by atoms with E-state index in [1.807, 2.05) is 53.1 Å². The highest BCUT2D eigenvalue weighted by molar-refractivity contribution is 7.99. The van der Waals surface area contributed by atoms with Crippen molar-refractivity contribution in [1.82, 2.24) is 14.5 Å². The Morgan fingerprint density at radius 2 is 1.84 bits per heavy atom. The number of ether oxygens (including phenoxy) is 1. The van der Waals surface area contributed by atoms with Gasteiger partial charge in [-0.05, 0) is 49.4 Å². The SMILES string of the molecule is COc1ccc(-n2c(SCC(=O)Nc3nc(C)c(Cl)cc3Cl)nc3ccccc32)cc1. The van der Waals surface area contributed by atoms with Gasteiger partial charge in [0.05, 0.1) is 39.6 Å². The Balaban J connectivity index is 1.58. The molecule has 0 aliphatic heterocycles. The summed E-state index contributed by atoms with van der Waals surface area (Å²) in [6, 6.07) is 17.1. The molecule has 4 aromatic rings. The van der Waals surface area contributed by atoms with Crippen LogP contribution in [0.25, 0.3) is 16.7 Å². The van der Waals surface area contributed by atoms with Crippen molar-refractivity contribution < 1.29 is 9.53 Å². The number of thioether (sulfide) groups is 1. The quantitative estimate of drug-likeness (QED) is 0.360. The monoisotopic (exact) mass is 472 g/mol. The van der Waals surface area contributed by atoms with Gasteiger partial charge >= 0.3 is 0 Å². The topological polar surface area (TPSA) is 69.0 Å². The zero-order valence-electron chi connectivity index (χ0n) is 16.7. The molecule has 0 saturated carbocycles. The van der Waals surface area contributed by atoms with E-state index in [9.17, 15) is 4.79 Å². The second kappa shape index (κ2) is 9.18. The van der Waals surface area contributed by atoms with Crippen molar-refractivity contribution in [2.24, 2.45) is 0 Å². The number of para-hydroxylation sites is 2. The highest BCUT2D eigenvalue weighted by atomic mass is 35.5. The third-order valence-corrected chi connectivity index (χ3v) is 6.16. The van der Waals surface area contributed by atoms with E-state index in [2.05, 4.69) is 10.3 Å². The molecular formula is C22H18Cl2N4O2S. The first-order chi connectivity index (χ1) is 15.0. The molecule has 0 radical (unpaired) electrons. The van der Waals surface area contributed by atoms with Gasteiger partial charge in [0, 0.05) is 5.69 Å². The normalized spacial score (nSPS) is 11.0. The first-order valence-electron chi connectivity index (χ1n) is 9.33. The maximum atomic E-state index is 12.6. The number of hydrogen-bond donors (Lipinski definition) is 1. The van der Waals surface area contributed by atoms with E-state index in [1.165, 1.54) is 11.8 Å². The van der Waals surface area contributed by atoms with Crippen molar-refractivity contribution >= 4 is 57.7 Å². The van der Waals surface area contributed by atoms with Gasteiger partial charge in [-0.3, -0.25) is 9.36 Å². The number of imidazole rings is 1. The van der Waals surface area contributed by atoms with Gasteiger partial charge in [-0.25, -0.2) is 9.97 Å². The van der Waals surface area contributed by atoms with Crippen LogP contribution in [-0.2, 0) is 4.79 Å². The summed E-state index contributed by atoms with van der Waals surface area (Å²) in [7, 11) is 1.63. The molecule has 31 heavy (non-hydrogen) atoms. The predicted molar refractivity (Wildman–Crippen MR) is 126 cm³/mol. The number of rotatable bonds is 6. The van der Waals surface area contributed by atoms with Crippen LogP contribution in [0.15, 0.2) is 59.8 Å². The van der Waals surface area contributed by atoms with Crippen molar-refractivity contribution in [3.8, 4) is 11.4 Å². The van der Waals surface area contributed by atoms with Crippen LogP contribution < -0.4 is 10.1 Å². The molecule has 0 fully saturated rings. The van der Waals surface area contributed by atoms with Gasteiger partial charge in [-0.15, -0.1) is 0 Å². The summed E-state index contributed by atoms with van der Waals surface area (Å²) in [5.41, 5.74) is 3.32. The van der Waals surface area contributed by atoms with Crippen LogP contribution in [0.3, 0.4) is 0 Å². The van der Waals surface area contributed by atoms with Crippen LogP contribution in [0.4, 0.5) is 5.82 Å². The molecular weight excluding hydrogens is 455 g/mol. The van der Waals surface area contributed by atoms with Crippen LogP contribution in [-0.4, -0.2) is 33.3 Å². The lowest BCUT2D eigenvalue weighted by Gasteiger charge is -2.11. The van der Waals surface area contributed by atoms with E-state index < -0.39 is 0 Å². The van der Waals surface area contributed by atoms with Crippen molar-refractivity contribution in [2.45, 2.75) is 12.1 Å². The van der Waals surface area contributed by atoms with Gasteiger partial charge in [0.2, 0.25) is 5.91 Å². The molecule has 0 saturated heterocycles. The minimum absolute atomic E-state index is 0.138. The molecule has 6 nitrogen and oxygen atoms in total. The highest BCUT2D eigenvalue weighted by Crippen LogP contribution is 2.30. The summed E-state index contributed by atoms with van der Waals surface area (Å²) in [4.78, 5) is 21.5. The number of fused-ring (bicyclic) bond motifs is 1. The van der Waals surface area contributed by atoms with Gasteiger partial charge in [0.1, 0.15) is 5.75 Å². The fraction of sp³-hybridized carbons (Fsp3) is 0.136. The number of benzene rings is 2. The van der Waals surface area contributed by atoms with E-state index >= 15 is 0 Å². The van der Waals surface area contributed by atoms with Gasteiger partial charge in [0.25, 0.3) is 0 Å². The zero-order valence-corrected chi connectivity index (χ0v) is 19.1. The summed E-state index contributed by atoms with van der Waals surface area (Å²) in [6.07, 6.45) is 0. The number of methoxy groups -OCH3 is 1. The van der Waals surface area contributed by atoms with Crippen LogP contribution in [0, 0.1) is 6.92 Å². The van der Waals surface area contributed by atoms with Crippen LogP contribution in [0.2, 0.25) is 10.0 Å². The average Bonchev–Trinajstić information content (AvgIpc) is 3.14. The number of anilines is 1. The van der Waals surface area contributed by atoms with Crippen molar-refractivity contribution in [3.63, 3.8) is 0 Å². The lowest BCUT2D eigenvalue weighted by atomic mass is 10.2. The first kappa shape index (κ1) is 21.5. The van der Waals surface area contributed by atoms with Crippen LogP contribution in [0.5, 0.6) is 5.75 Å². The molecule has 158 valence electrons. The lowest BCUT2D eigenvalue weighted by Crippen LogP contribution is -2.16. The van der Waals surface area contributed by atoms with Crippen LogP contribution >= 0.6 is 35.0 Å². The number of nitrogens with zero attached hydrogens (tertiary/aromatic N) is 3. The Hall–Kier alpha value is -2.74. The molecule has 0 atom stereocenters. The van der Waals surface area contributed by atoms with E-state index in [0.29, 0.717) is 20.9 Å². The number of halogens is 2. The molecule has 2 aromatic heterocycles. The predicted octanol–water partition coefficient (Wildman–Crippen LogP) is 5.78. The van der Waals surface area contributed by atoms with E-state index in [-0.39, 0.29) is 17.5 Å². The minimum Gasteiger partial charge on any atom is -0.497 e. The van der Waals surface area contributed by atoms with E-state index in [0.717, 1.165) is 22.5 Å². The maximum Gasteiger partial charge on any atom is 0.236 e. The second-order valence-corrected chi connectivity index (χ2v) is 8.40. The highest BCUT2D eigenvalue weighted by Gasteiger charge is 2.16. The number of carbonyl (C=O) groups excluding carboxylic acids is 1. The fourth-order valence-corrected chi connectivity index (χ4v) is 4.26. The number of hydrogen-bond acceptors (Lipinski definition) is 5. The maximum absolute atomic E-state index is 12.6. The Labute approximate surface area is 193 Å². The summed E-state index contributed by atoms with van der Waals surface area (Å²) in [6.45, 7) is 1.75. The minimum atomic E-state index is -0.241. The zero-order chi connectivity index (χ0) is 22.0. The van der Waals surface area contributed by atoms with E-state index in [1.54, 1.807) is 20.1 Å². The van der Waals surface area contributed by atoms with Crippen molar-refractivity contribution in [2.75, 3.05) is 18.2 Å². The molecule has 0 aliphatic rings. The van der Waals surface area contributed by atoms with Crippen molar-refractivity contribution in [1.29, 1.82) is 0 Å². The molecule has 0 spiro atoms. The third-order valence-electron chi connectivity index (χ3n) is 4.56. The fourth-order valence-electron chi connectivity index (χ4n) is 3.03. The summed E-state index contributed by atoms with van der Waals surface area (Å²) < 4.78 is 7.28. The number of carbonyl (C=O) groups is 1. The largest absolute Gasteiger partial charge is 0.497 e. The average molecular weight is 473 g/mol. The Morgan fingerprint density at radius 1 is 1.10 bits per heavy atom. The Kier molecular flexibility index (Phi) is 6.36. The standard InChI is InChI=1S/C22H18Cl2N4O2S/c1-13-16(23)11-17(24)21(25-13)27-20(29)12-31-22-26-18-5-3-4-6-19(18)28(22)14-7-9-15(30-2)10-8-14/h3-11H,12H2,1-2H3,(H,25,27,29). The van der Waals surface area contributed by atoms with Gasteiger partial charge in [-0.1, -0.05) is 47.1 Å². The molecule has 1 amide bonds.